The van der Waals surface area contributed by atoms with E-state index in [4.69, 9.17) is 0 Å². The van der Waals surface area contributed by atoms with Gasteiger partial charge in [0.25, 0.3) is 0 Å². The van der Waals surface area contributed by atoms with Crippen molar-refractivity contribution >= 4 is 14.6 Å². The molecule has 0 aliphatic rings. The predicted molar refractivity (Wildman–Crippen MR) is 74.0 cm³/mol. The molecule has 0 aromatic rings. The first kappa shape index (κ1) is 16.5. The zero-order valence-electron chi connectivity index (χ0n) is 11.4. The first-order valence-corrected chi connectivity index (χ1v) is 9.52. The number of unbranched alkanes of at least 4 members (excludes halogenated alkanes) is 8. The van der Waals surface area contributed by atoms with Crippen molar-refractivity contribution in [1.29, 1.82) is 0 Å². The highest BCUT2D eigenvalue weighted by molar-refractivity contribution is 6.50. The van der Waals surface area contributed by atoms with E-state index in [0.29, 0.717) is 0 Å². The van der Waals surface area contributed by atoms with Gasteiger partial charge in [-0.1, -0.05) is 88.6 Å². The van der Waals surface area contributed by atoms with E-state index in [1.54, 1.807) is 0 Å². The first-order chi connectivity index (χ1) is 7.81. The molecule has 0 saturated carbocycles. The van der Waals surface area contributed by atoms with Gasteiger partial charge in [-0.15, -0.1) is 0 Å². The van der Waals surface area contributed by atoms with Crippen LogP contribution in [-0.2, 0) is 0 Å². The summed E-state index contributed by atoms with van der Waals surface area (Å²) in [6.07, 6.45) is 12.7. The molecule has 0 amide bonds. The van der Waals surface area contributed by atoms with Gasteiger partial charge in [-0.05, 0) is 0 Å². The maximum atomic E-state index is 13.6. The average Bonchev–Trinajstić information content (AvgIpc) is 2.28. The van der Waals surface area contributed by atoms with Gasteiger partial charge in [0.2, 0.25) is 0 Å². The van der Waals surface area contributed by atoms with Gasteiger partial charge in [0.05, 0.1) is 0 Å². The molecule has 96 valence electrons. The monoisotopic (exact) mass is 244 g/mol. The number of halogens is 1. The summed E-state index contributed by atoms with van der Waals surface area (Å²) in [6.45, 7) is 4.45. The van der Waals surface area contributed by atoms with Gasteiger partial charge in [0.1, 0.15) is 0 Å². The minimum atomic E-state index is -1.81. The molecular formula is C14H30AlF. The topological polar surface area (TPSA) is 0 Å². The Kier molecular flexibility index (Phi) is 13.9. The molecule has 2 heteroatoms. The highest BCUT2D eigenvalue weighted by atomic mass is 27.2. The molecule has 16 heavy (non-hydrogen) atoms. The smallest absolute Gasteiger partial charge is 0.418 e. The van der Waals surface area contributed by atoms with Crippen LogP contribution in [0.2, 0.25) is 10.6 Å². The largest absolute Gasteiger partial charge is 0.516 e. The summed E-state index contributed by atoms with van der Waals surface area (Å²) in [5.41, 5.74) is 0. The molecule has 0 saturated heterocycles. The van der Waals surface area contributed by atoms with E-state index in [9.17, 15) is 3.52 Å². The van der Waals surface area contributed by atoms with Crippen molar-refractivity contribution in [3.63, 3.8) is 0 Å². The van der Waals surface area contributed by atoms with Gasteiger partial charge >= 0.3 is 14.6 Å². The van der Waals surface area contributed by atoms with Crippen LogP contribution >= 0.6 is 0 Å². The number of hydrogen-bond acceptors (Lipinski definition) is 0. The Morgan fingerprint density at radius 2 is 1.00 bits per heavy atom. The Morgan fingerprint density at radius 1 is 0.625 bits per heavy atom. The van der Waals surface area contributed by atoms with Crippen LogP contribution in [0.1, 0.15) is 78.1 Å². The second-order valence-corrected chi connectivity index (χ2v) is 7.35. The second kappa shape index (κ2) is 13.5. The summed E-state index contributed by atoms with van der Waals surface area (Å²) in [5.74, 6) is 0. The van der Waals surface area contributed by atoms with E-state index in [1.807, 2.05) is 0 Å². The maximum absolute atomic E-state index is 13.6. The standard InChI is InChI=1S/2C7H15.Al.FH/c2*1-3-5-7-6-4-2;;/h2*1,3-7H2,2H3;;1H/q;;+1;/p-1. The van der Waals surface area contributed by atoms with Gasteiger partial charge in [-0.25, -0.2) is 0 Å². The van der Waals surface area contributed by atoms with Crippen LogP contribution in [0.15, 0.2) is 0 Å². The second-order valence-electron chi connectivity index (χ2n) is 5.00. The third kappa shape index (κ3) is 12.5. The third-order valence-corrected chi connectivity index (χ3v) is 5.31. The van der Waals surface area contributed by atoms with Crippen molar-refractivity contribution in [2.45, 2.75) is 88.6 Å². The highest BCUT2D eigenvalue weighted by Crippen LogP contribution is 2.14. The molecule has 0 atom stereocenters. The highest BCUT2D eigenvalue weighted by Gasteiger charge is 2.16. The molecule has 0 fully saturated rings. The van der Waals surface area contributed by atoms with E-state index in [2.05, 4.69) is 13.8 Å². The quantitative estimate of drug-likeness (QED) is 0.297. The van der Waals surface area contributed by atoms with Crippen molar-refractivity contribution in [2.75, 3.05) is 0 Å². The first-order valence-electron chi connectivity index (χ1n) is 7.45. The zero-order valence-corrected chi connectivity index (χ0v) is 12.6. The van der Waals surface area contributed by atoms with Crippen LogP contribution < -0.4 is 0 Å². The molecule has 0 nitrogen and oxygen atoms in total. The minimum absolute atomic E-state index is 0.942. The van der Waals surface area contributed by atoms with Crippen LogP contribution in [0.25, 0.3) is 0 Å². The Morgan fingerprint density at radius 3 is 1.38 bits per heavy atom. The van der Waals surface area contributed by atoms with Crippen molar-refractivity contribution in [2.24, 2.45) is 0 Å². The molecule has 0 radical (unpaired) electrons. The summed E-state index contributed by atoms with van der Waals surface area (Å²) >= 11 is -1.81. The van der Waals surface area contributed by atoms with Crippen molar-refractivity contribution < 1.29 is 3.52 Å². The van der Waals surface area contributed by atoms with Gasteiger partial charge in [0.15, 0.2) is 0 Å². The molecule has 0 aromatic heterocycles. The van der Waals surface area contributed by atoms with Crippen LogP contribution in [-0.4, -0.2) is 14.6 Å². The lowest BCUT2D eigenvalue weighted by molar-refractivity contribution is 0.630. The molecule has 0 rings (SSSR count). The van der Waals surface area contributed by atoms with Gasteiger partial charge in [0, 0.05) is 0 Å². The van der Waals surface area contributed by atoms with Crippen LogP contribution in [0, 0.1) is 0 Å². The fraction of sp³-hybridized carbons (Fsp3) is 1.00. The van der Waals surface area contributed by atoms with E-state index in [0.717, 1.165) is 23.4 Å². The van der Waals surface area contributed by atoms with E-state index < -0.39 is 14.6 Å². The molecule has 0 spiro atoms. The molecule has 0 aliphatic carbocycles. The van der Waals surface area contributed by atoms with Crippen LogP contribution in [0.4, 0.5) is 3.52 Å². The summed E-state index contributed by atoms with van der Waals surface area (Å²) in [5, 5.41) is 1.88. The van der Waals surface area contributed by atoms with Gasteiger partial charge in [-0.3, -0.25) is 0 Å². The fourth-order valence-electron chi connectivity index (χ4n) is 2.08. The van der Waals surface area contributed by atoms with Crippen molar-refractivity contribution in [3.05, 3.63) is 0 Å². The molecule has 0 bridgehead atoms. The Hall–Kier alpha value is 0.462. The summed E-state index contributed by atoms with van der Waals surface area (Å²) < 4.78 is 13.6. The number of hydrogen-bond donors (Lipinski definition) is 0. The normalized spacial score (nSPS) is 10.7. The molecule has 0 aliphatic heterocycles. The van der Waals surface area contributed by atoms with Crippen LogP contribution in [0.3, 0.4) is 0 Å². The lowest BCUT2D eigenvalue weighted by atomic mass is 10.2. The lowest BCUT2D eigenvalue weighted by Gasteiger charge is -2.03. The molecule has 0 unspecified atom stereocenters. The van der Waals surface area contributed by atoms with Crippen LogP contribution in [0.5, 0.6) is 0 Å². The Bertz CT molecular complexity index is 114. The number of rotatable bonds is 12. The zero-order chi connectivity index (χ0) is 12.1. The third-order valence-electron chi connectivity index (χ3n) is 3.24. The predicted octanol–water partition coefficient (Wildman–Crippen LogP) is 5.89. The van der Waals surface area contributed by atoms with Crippen molar-refractivity contribution in [1.82, 2.24) is 0 Å². The average molecular weight is 244 g/mol. The lowest BCUT2D eigenvalue weighted by Crippen LogP contribution is -2.04. The molecular weight excluding hydrogens is 214 g/mol. The van der Waals surface area contributed by atoms with E-state index in [1.165, 1.54) is 51.4 Å². The summed E-state index contributed by atoms with van der Waals surface area (Å²) in [7, 11) is 0. The minimum Gasteiger partial charge on any atom is -0.418 e. The van der Waals surface area contributed by atoms with Crippen molar-refractivity contribution in [3.8, 4) is 0 Å². The molecule has 0 N–H and O–H groups in total. The van der Waals surface area contributed by atoms with E-state index in [-0.39, 0.29) is 0 Å². The molecule has 0 aromatic carbocycles. The Balaban J connectivity index is 3.09. The SMILES string of the molecule is CCCCCC[CH2][Al]([F])[CH2]CCCCCC. The fourth-order valence-corrected chi connectivity index (χ4v) is 3.84. The maximum Gasteiger partial charge on any atom is 0.516 e. The summed E-state index contributed by atoms with van der Waals surface area (Å²) in [6, 6.07) is 0. The Labute approximate surface area is 107 Å². The van der Waals surface area contributed by atoms with E-state index >= 15 is 0 Å². The van der Waals surface area contributed by atoms with Gasteiger partial charge in [-0.2, -0.15) is 0 Å². The summed E-state index contributed by atoms with van der Waals surface area (Å²) in [4.78, 5) is 0. The molecule has 0 heterocycles. The van der Waals surface area contributed by atoms with Gasteiger partial charge < -0.3 is 3.52 Å².